The summed E-state index contributed by atoms with van der Waals surface area (Å²) in [5.41, 5.74) is -0.0695. The number of imidazole rings is 1. The average molecular weight is 1380 g/mol. The predicted molar refractivity (Wildman–Crippen MR) is 369 cm³/mol. The maximum absolute atomic E-state index is 10.6. The van der Waals surface area contributed by atoms with Crippen LogP contribution in [0.3, 0.4) is 0 Å². The normalized spacial score (nSPS) is 20.8. The Bertz CT molecular complexity index is 5740. The fourth-order valence-corrected chi connectivity index (χ4v) is 13.7. The molecule has 0 fully saturated rings. The molecule has 0 saturated carbocycles. The molecule has 4 heterocycles. The zero-order valence-corrected chi connectivity index (χ0v) is 54.3. The standard InChI is InChI=1S/C84H80N4O.Pt/c1-79(2,3)55-32-29-52(30-33-55)60-26-20-27-65-67-50-72-71(83(11,12)40-41-84(72,13)14)49-66(67)61-23-15-16-24-62(61)68-43-54(53-31-36-69-70(44-53)82(9,10)39-38-81(69,7)8)45-75-78(68)87(77(60)65)51-86(75)57-21-19-22-58(47-57)89-59-34-35-64-63-25-17-18-28-73(63)88(74(64)48-59)76-46-56(37-42-85-76)80(4,5)6;/h15-37,42-46,49-50H,38-41H2,1-14H3;/q-2;/i7D3,8D3,9D3,10D3,31D,36D,38D2,39D2,44D;. The first-order chi connectivity index (χ1) is 50.1. The van der Waals surface area contributed by atoms with Crippen LogP contribution in [-0.2, 0) is 53.6 Å². The van der Waals surface area contributed by atoms with Gasteiger partial charge in [-0.15, -0.1) is 29.7 Å². The van der Waals surface area contributed by atoms with Gasteiger partial charge in [0.2, 0.25) is 0 Å². The zero-order valence-electron chi connectivity index (χ0n) is 71.0. The molecule has 90 heavy (non-hydrogen) atoms. The molecule has 3 aromatic heterocycles. The Labute approximate surface area is 573 Å². The van der Waals surface area contributed by atoms with Gasteiger partial charge in [0.25, 0.3) is 6.33 Å². The fraction of sp³-hybridized carbons (Fsp3) is 0.286. The van der Waals surface area contributed by atoms with E-state index in [1.54, 1.807) is 35.0 Å². The van der Waals surface area contributed by atoms with Crippen molar-refractivity contribution in [3.05, 3.63) is 234 Å². The number of benzene rings is 9. The molecular formula is C84H80N4OPt-2. The van der Waals surface area contributed by atoms with Gasteiger partial charge in [-0.05, 0) is 188 Å². The first kappa shape index (κ1) is 41.3. The van der Waals surface area contributed by atoms with Crippen LogP contribution in [0, 0.1) is 18.5 Å². The Hall–Kier alpha value is -8.11. The van der Waals surface area contributed by atoms with Gasteiger partial charge >= 0.3 is 0 Å². The first-order valence-corrected chi connectivity index (χ1v) is 30.5. The third-order valence-electron chi connectivity index (χ3n) is 18.8. The van der Waals surface area contributed by atoms with Crippen LogP contribution in [0.25, 0.3) is 106 Å². The largest absolute Gasteiger partial charge is 0.510 e. The van der Waals surface area contributed by atoms with Gasteiger partial charge in [0.1, 0.15) is 5.82 Å². The van der Waals surface area contributed by atoms with E-state index in [9.17, 15) is 17.8 Å². The number of aromatic nitrogens is 4. The van der Waals surface area contributed by atoms with Crippen LogP contribution in [0.5, 0.6) is 11.5 Å². The topological polar surface area (TPSA) is 35.9 Å². The van der Waals surface area contributed by atoms with E-state index < -0.39 is 85.8 Å². The molecule has 0 unspecified atom stereocenters. The van der Waals surface area contributed by atoms with Crippen molar-refractivity contribution in [2.24, 2.45) is 0 Å². The Kier molecular flexibility index (Phi) is 9.63. The Morgan fingerprint density at radius 2 is 1.17 bits per heavy atom. The van der Waals surface area contributed by atoms with Crippen molar-refractivity contribution in [1.82, 2.24) is 14.1 Å². The number of para-hydroxylation sites is 2. The van der Waals surface area contributed by atoms with Crippen LogP contribution < -0.4 is 9.30 Å². The number of rotatable bonds is 6. The van der Waals surface area contributed by atoms with Crippen molar-refractivity contribution in [1.29, 1.82) is 0 Å². The van der Waals surface area contributed by atoms with Gasteiger partial charge < -0.3 is 13.9 Å². The van der Waals surface area contributed by atoms with Crippen molar-refractivity contribution < 1.29 is 56.4 Å². The number of nitrogens with zero attached hydrogens (tertiary/aromatic N) is 4. The molecule has 6 heteroatoms. The van der Waals surface area contributed by atoms with Crippen LogP contribution >= 0.6 is 0 Å². The van der Waals surface area contributed by atoms with E-state index in [4.69, 9.17) is 17.9 Å². The van der Waals surface area contributed by atoms with Crippen LogP contribution in [0.2, 0.25) is 0 Å². The molecule has 0 atom stereocenters. The van der Waals surface area contributed by atoms with Gasteiger partial charge in [0.15, 0.2) is 0 Å². The number of fused-ring (bicyclic) bond motifs is 12. The summed E-state index contributed by atoms with van der Waals surface area (Å²) in [5.74, 6) is 1.22. The Morgan fingerprint density at radius 1 is 0.533 bits per heavy atom. The van der Waals surface area contributed by atoms with Crippen molar-refractivity contribution in [3.8, 4) is 84.3 Å². The minimum absolute atomic E-state index is 0. The van der Waals surface area contributed by atoms with E-state index in [1.807, 2.05) is 83.4 Å². The summed E-state index contributed by atoms with van der Waals surface area (Å²) in [6.45, 7) is 4.87. The second-order valence-electron chi connectivity index (χ2n) is 27.8. The summed E-state index contributed by atoms with van der Waals surface area (Å²) >= 11 is 0. The molecular weight excluding hydrogens is 1280 g/mol. The molecule has 12 aromatic rings. The molecule has 0 saturated heterocycles. The second-order valence-corrected chi connectivity index (χ2v) is 27.8. The second kappa shape index (κ2) is 21.0. The average Bonchev–Trinajstić information content (AvgIpc) is 1.19. The van der Waals surface area contributed by atoms with Gasteiger partial charge in [0.05, 0.1) is 20.8 Å². The molecule has 15 rings (SSSR count). The van der Waals surface area contributed by atoms with Crippen molar-refractivity contribution in [3.63, 3.8) is 0 Å². The van der Waals surface area contributed by atoms with Gasteiger partial charge in [-0.1, -0.05) is 217 Å². The maximum atomic E-state index is 10.6. The van der Waals surface area contributed by atoms with Crippen LogP contribution in [0.15, 0.2) is 182 Å². The van der Waals surface area contributed by atoms with Crippen molar-refractivity contribution in [2.75, 3.05) is 0 Å². The number of ether oxygens (including phenoxy) is 1. The molecule has 454 valence electrons. The minimum Gasteiger partial charge on any atom is -0.510 e. The summed E-state index contributed by atoms with van der Waals surface area (Å²) in [7, 11) is 0. The maximum Gasteiger partial charge on any atom is 0.268 e. The molecule has 9 aromatic carbocycles. The summed E-state index contributed by atoms with van der Waals surface area (Å²) in [5, 5.41) is 1.87. The Morgan fingerprint density at radius 3 is 1.88 bits per heavy atom. The van der Waals surface area contributed by atoms with E-state index in [2.05, 4.69) is 141 Å². The predicted octanol–water partition coefficient (Wildman–Crippen LogP) is 21.5. The molecule has 2 aliphatic carbocycles. The third kappa shape index (κ3) is 9.74. The number of hydrogen-bond donors (Lipinski definition) is 0. The quantitative estimate of drug-likeness (QED) is 0.123. The van der Waals surface area contributed by atoms with Crippen LogP contribution in [-0.4, -0.2) is 14.1 Å². The smallest absolute Gasteiger partial charge is 0.268 e. The molecule has 0 N–H and O–H groups in total. The molecule has 0 spiro atoms. The minimum atomic E-state index is -4.54. The fourth-order valence-electron chi connectivity index (χ4n) is 13.7. The molecule has 0 bridgehead atoms. The summed E-state index contributed by atoms with van der Waals surface area (Å²) in [6.07, 6.45) is -1.68. The van der Waals surface area contributed by atoms with Crippen LogP contribution in [0.4, 0.5) is 0 Å². The van der Waals surface area contributed by atoms with Gasteiger partial charge in [-0.3, -0.25) is 4.57 Å². The van der Waals surface area contributed by atoms with Gasteiger partial charge in [-0.2, -0.15) is 18.2 Å². The third-order valence-corrected chi connectivity index (χ3v) is 18.8. The van der Waals surface area contributed by atoms with Crippen molar-refractivity contribution >= 4 is 32.8 Å². The zero-order chi connectivity index (χ0) is 78.1. The van der Waals surface area contributed by atoms with E-state index in [0.717, 1.165) is 79.2 Å². The molecule has 0 radical (unpaired) electrons. The summed E-state index contributed by atoms with van der Waals surface area (Å²) in [6, 6.07) is 54.5. The molecule has 1 aliphatic heterocycles. The monoisotopic (exact) mass is 1370 g/mol. The number of pyridine rings is 1. The van der Waals surface area contributed by atoms with Gasteiger partial charge in [-0.25, -0.2) is 4.98 Å². The Balaban J connectivity index is 0.00000992. The summed E-state index contributed by atoms with van der Waals surface area (Å²) < 4.78 is 191. The van der Waals surface area contributed by atoms with Crippen LogP contribution in [0.1, 0.15) is 182 Å². The SMILES string of the molecule is [2H]c1c([2H])c2c(c([2H])c1-c1cc3c4c(c1)n(-c1[c-]c(Oc5[c-]c6c(cc5)c5ccccc5n6-c5cc(C(C)(C)C)ccn5)ccc1)[c-][n+]4-c1c(-c4ccc(C(C)(C)C)cc4)cccc1-c1cc4c(cc1-c1ccccc1-3)C(C)(C)CCC4(C)C)C(C([2H])([2H])[2H])(C([2H])([2H])[2H])C([2H])([2H])C([2H])([2H])C2(C([2H])([2H])[2H])C([2H])([2H])[2H].[Pt]. The van der Waals surface area contributed by atoms with E-state index >= 15 is 0 Å². The molecule has 5 nitrogen and oxygen atoms in total. The first-order valence-electron chi connectivity index (χ1n) is 40.0. The number of hydrogen-bond acceptors (Lipinski definition) is 2. The summed E-state index contributed by atoms with van der Waals surface area (Å²) in [4.78, 5) is 4.88. The van der Waals surface area contributed by atoms with Gasteiger partial charge in [0, 0.05) is 66.2 Å². The van der Waals surface area contributed by atoms with E-state index in [0.29, 0.717) is 45.1 Å². The molecule has 3 aliphatic rings. The van der Waals surface area contributed by atoms with E-state index in [-0.39, 0.29) is 59.6 Å². The van der Waals surface area contributed by atoms with E-state index in [1.165, 1.54) is 11.6 Å². The van der Waals surface area contributed by atoms with Crippen molar-refractivity contribution in [2.45, 2.75) is 155 Å². The molecule has 0 amide bonds.